The Morgan fingerprint density at radius 3 is 2.50 bits per heavy atom. The van der Waals surface area contributed by atoms with Gasteiger partial charge in [0.05, 0.1) is 49.3 Å². The predicted molar refractivity (Wildman–Crippen MR) is 138 cm³/mol. The van der Waals surface area contributed by atoms with Gasteiger partial charge in [0.2, 0.25) is 0 Å². The van der Waals surface area contributed by atoms with Crippen LogP contribution >= 0.6 is 11.3 Å². The molecule has 1 aromatic heterocycles. The van der Waals surface area contributed by atoms with Gasteiger partial charge in [-0.3, -0.25) is 9.36 Å². The third-order valence-electron chi connectivity index (χ3n) is 5.75. The zero-order valence-electron chi connectivity index (χ0n) is 20.9. The van der Waals surface area contributed by atoms with E-state index in [0.717, 1.165) is 5.56 Å². The van der Waals surface area contributed by atoms with Crippen LogP contribution in [-0.2, 0) is 9.53 Å². The molecule has 0 N–H and O–H groups in total. The monoisotopic (exact) mass is 508 g/mol. The number of rotatable bonds is 8. The van der Waals surface area contributed by atoms with E-state index in [9.17, 15) is 9.59 Å². The van der Waals surface area contributed by atoms with E-state index in [0.29, 0.717) is 50.0 Å². The minimum Gasteiger partial charge on any atom is -0.496 e. The van der Waals surface area contributed by atoms with Crippen molar-refractivity contribution >= 4 is 23.4 Å². The number of hydrogen-bond acceptors (Lipinski definition) is 8. The van der Waals surface area contributed by atoms with Crippen molar-refractivity contribution in [1.29, 1.82) is 0 Å². The second-order valence-corrected chi connectivity index (χ2v) is 8.90. The fourth-order valence-corrected chi connectivity index (χ4v) is 5.20. The minimum atomic E-state index is -0.745. The number of benzene rings is 2. The molecule has 0 radical (unpaired) electrons. The molecule has 8 nitrogen and oxygen atoms in total. The first-order valence-electron chi connectivity index (χ1n) is 11.6. The fourth-order valence-electron chi connectivity index (χ4n) is 4.17. The fraction of sp³-hybridized carbons (Fsp3) is 0.296. The summed E-state index contributed by atoms with van der Waals surface area (Å²) in [7, 11) is 3.15. The SMILES string of the molecule is CCOC(=O)C1=C(C)N=c2s/c(=C\c3ccccc3OC)c(=O)n2C1c1ccc(OC)c(OCC)c1. The molecule has 1 atom stereocenters. The van der Waals surface area contributed by atoms with Gasteiger partial charge in [-0.2, -0.15) is 0 Å². The van der Waals surface area contributed by atoms with E-state index < -0.39 is 12.0 Å². The molecule has 1 aliphatic rings. The van der Waals surface area contributed by atoms with Gasteiger partial charge in [-0.05, 0) is 50.6 Å². The topological polar surface area (TPSA) is 88.4 Å². The summed E-state index contributed by atoms with van der Waals surface area (Å²) < 4.78 is 24.0. The van der Waals surface area contributed by atoms with Crippen molar-refractivity contribution in [3.63, 3.8) is 0 Å². The van der Waals surface area contributed by atoms with Crippen molar-refractivity contribution in [3.8, 4) is 17.2 Å². The lowest BCUT2D eigenvalue weighted by atomic mass is 9.95. The molecule has 0 amide bonds. The lowest BCUT2D eigenvalue weighted by Gasteiger charge is -2.25. The molecule has 36 heavy (non-hydrogen) atoms. The normalized spacial score (nSPS) is 15.2. The van der Waals surface area contributed by atoms with Crippen molar-refractivity contribution in [2.24, 2.45) is 4.99 Å². The second kappa shape index (κ2) is 10.8. The summed E-state index contributed by atoms with van der Waals surface area (Å²) in [4.78, 5) is 32.0. The van der Waals surface area contributed by atoms with E-state index in [1.165, 1.54) is 11.3 Å². The zero-order chi connectivity index (χ0) is 25.8. The molecule has 2 heterocycles. The predicted octanol–water partition coefficient (Wildman–Crippen LogP) is 3.21. The molecule has 1 aliphatic heterocycles. The van der Waals surface area contributed by atoms with Gasteiger partial charge in [-0.1, -0.05) is 35.6 Å². The quantitative estimate of drug-likeness (QED) is 0.434. The molecular formula is C27H28N2O6S. The van der Waals surface area contributed by atoms with Crippen LogP contribution in [0.15, 0.2) is 63.5 Å². The number of hydrogen-bond donors (Lipinski definition) is 0. The molecule has 0 fully saturated rings. The number of ether oxygens (including phenoxy) is 4. The van der Waals surface area contributed by atoms with Crippen LogP contribution < -0.4 is 29.1 Å². The smallest absolute Gasteiger partial charge is 0.338 e. The van der Waals surface area contributed by atoms with E-state index in [1.807, 2.05) is 37.3 Å². The maximum absolute atomic E-state index is 13.8. The number of para-hydroxylation sites is 1. The zero-order valence-corrected chi connectivity index (χ0v) is 21.7. The first kappa shape index (κ1) is 25.2. The molecule has 9 heteroatoms. The highest BCUT2D eigenvalue weighted by Crippen LogP contribution is 2.36. The van der Waals surface area contributed by atoms with Crippen molar-refractivity contribution < 1.29 is 23.7 Å². The van der Waals surface area contributed by atoms with Crippen LogP contribution in [0.2, 0.25) is 0 Å². The van der Waals surface area contributed by atoms with Crippen LogP contribution in [0.1, 0.15) is 37.9 Å². The summed E-state index contributed by atoms with van der Waals surface area (Å²) in [5.74, 6) is 1.21. The van der Waals surface area contributed by atoms with E-state index >= 15 is 0 Å². The summed E-state index contributed by atoms with van der Waals surface area (Å²) in [6.45, 7) is 6.00. The van der Waals surface area contributed by atoms with Crippen LogP contribution in [0.5, 0.6) is 17.2 Å². The Labute approximate surface area is 212 Å². The van der Waals surface area contributed by atoms with E-state index in [1.54, 1.807) is 50.8 Å². The standard InChI is InChI=1S/C27H28N2O6S/c1-6-34-21-14-18(12-13-20(21)33-5)24-23(26(31)35-7-2)16(3)28-27-29(24)25(30)22(36-27)15-17-10-8-9-11-19(17)32-4/h8-15,24H,6-7H2,1-5H3/b22-15-. The molecule has 0 bridgehead atoms. The molecule has 3 aromatic rings. The van der Waals surface area contributed by atoms with Gasteiger partial charge in [0.25, 0.3) is 5.56 Å². The third kappa shape index (κ3) is 4.66. The molecule has 188 valence electrons. The second-order valence-electron chi connectivity index (χ2n) is 7.89. The van der Waals surface area contributed by atoms with Gasteiger partial charge in [-0.25, -0.2) is 9.79 Å². The molecule has 2 aromatic carbocycles. The Kier molecular flexibility index (Phi) is 7.59. The first-order chi connectivity index (χ1) is 17.4. The van der Waals surface area contributed by atoms with Gasteiger partial charge in [0.15, 0.2) is 16.3 Å². The molecule has 0 aliphatic carbocycles. The summed E-state index contributed by atoms with van der Waals surface area (Å²) in [5, 5.41) is 0. The Bertz CT molecular complexity index is 1500. The number of carbonyl (C=O) groups is 1. The maximum atomic E-state index is 13.8. The highest BCUT2D eigenvalue weighted by molar-refractivity contribution is 7.07. The lowest BCUT2D eigenvalue weighted by molar-refractivity contribution is -0.139. The van der Waals surface area contributed by atoms with Crippen LogP contribution in [0.25, 0.3) is 6.08 Å². The van der Waals surface area contributed by atoms with E-state index in [2.05, 4.69) is 4.99 Å². The maximum Gasteiger partial charge on any atom is 0.338 e. The van der Waals surface area contributed by atoms with Gasteiger partial charge >= 0.3 is 5.97 Å². The first-order valence-corrected chi connectivity index (χ1v) is 12.4. The number of aromatic nitrogens is 1. The number of nitrogens with zero attached hydrogens (tertiary/aromatic N) is 2. The van der Waals surface area contributed by atoms with Gasteiger partial charge < -0.3 is 18.9 Å². The number of esters is 1. The average molecular weight is 509 g/mol. The van der Waals surface area contributed by atoms with Crippen molar-refractivity contribution in [3.05, 3.63) is 84.5 Å². The largest absolute Gasteiger partial charge is 0.496 e. The Hall–Kier alpha value is -3.85. The molecule has 1 unspecified atom stereocenters. The Morgan fingerprint density at radius 2 is 1.81 bits per heavy atom. The highest BCUT2D eigenvalue weighted by Gasteiger charge is 2.34. The molecule has 4 rings (SSSR count). The number of allylic oxidation sites excluding steroid dienone is 1. The van der Waals surface area contributed by atoms with Gasteiger partial charge in [-0.15, -0.1) is 0 Å². The number of carbonyl (C=O) groups excluding carboxylic acids is 1. The van der Waals surface area contributed by atoms with E-state index in [4.69, 9.17) is 18.9 Å². The number of fused-ring (bicyclic) bond motifs is 1. The molecule has 0 saturated carbocycles. The molecular weight excluding hydrogens is 480 g/mol. The number of methoxy groups -OCH3 is 2. The van der Waals surface area contributed by atoms with Crippen LogP contribution in [0.4, 0.5) is 0 Å². The summed E-state index contributed by atoms with van der Waals surface area (Å²) in [6.07, 6.45) is 1.78. The van der Waals surface area contributed by atoms with Crippen molar-refractivity contribution in [2.75, 3.05) is 27.4 Å². The van der Waals surface area contributed by atoms with E-state index in [-0.39, 0.29) is 12.2 Å². The Balaban J connectivity index is 1.98. The van der Waals surface area contributed by atoms with Crippen molar-refractivity contribution in [1.82, 2.24) is 4.57 Å². The van der Waals surface area contributed by atoms with Gasteiger partial charge in [0, 0.05) is 5.56 Å². The number of thiazole rings is 1. The summed E-state index contributed by atoms with van der Waals surface area (Å²) in [6, 6.07) is 12.1. The lowest BCUT2D eigenvalue weighted by Crippen LogP contribution is -2.40. The van der Waals surface area contributed by atoms with Gasteiger partial charge in [0.1, 0.15) is 5.75 Å². The molecule has 0 spiro atoms. The molecule has 0 saturated heterocycles. The third-order valence-corrected chi connectivity index (χ3v) is 6.73. The summed E-state index contributed by atoms with van der Waals surface area (Å²) in [5.41, 5.74) is 1.99. The highest BCUT2D eigenvalue weighted by atomic mass is 32.1. The average Bonchev–Trinajstić information content (AvgIpc) is 3.18. The minimum absolute atomic E-state index is 0.202. The van der Waals surface area contributed by atoms with Crippen LogP contribution in [0, 0.1) is 0 Å². The van der Waals surface area contributed by atoms with Crippen LogP contribution in [-0.4, -0.2) is 38.0 Å². The van der Waals surface area contributed by atoms with Crippen molar-refractivity contribution in [2.45, 2.75) is 26.8 Å². The summed E-state index contributed by atoms with van der Waals surface area (Å²) >= 11 is 1.26. The van der Waals surface area contributed by atoms with Crippen LogP contribution in [0.3, 0.4) is 0 Å². The Morgan fingerprint density at radius 1 is 1.06 bits per heavy atom.